The zero-order valence-electron chi connectivity index (χ0n) is 18.0. The monoisotopic (exact) mass is 457 g/mol. The average molecular weight is 458 g/mol. The van der Waals surface area contributed by atoms with Gasteiger partial charge in [-0.3, -0.25) is 14.6 Å². The van der Waals surface area contributed by atoms with Gasteiger partial charge in [-0.15, -0.1) is 0 Å². The van der Waals surface area contributed by atoms with Crippen LogP contribution in [0.5, 0.6) is 0 Å². The lowest BCUT2D eigenvalue weighted by molar-refractivity contribution is -0.131. The van der Waals surface area contributed by atoms with Crippen LogP contribution in [-0.4, -0.2) is 83.6 Å². The molecular formula is C23H28ClN5O3. The van der Waals surface area contributed by atoms with E-state index in [1.54, 1.807) is 4.90 Å². The van der Waals surface area contributed by atoms with E-state index in [9.17, 15) is 9.59 Å². The molecular weight excluding hydrogens is 430 g/mol. The molecule has 170 valence electrons. The van der Waals surface area contributed by atoms with E-state index in [-0.39, 0.29) is 30.0 Å². The second-order valence-electron chi connectivity index (χ2n) is 8.05. The van der Waals surface area contributed by atoms with Crippen LogP contribution in [0, 0.1) is 0 Å². The SMILES string of the molecule is O=C(CCN(CC1CCCO1)C(=O)c1cnccn1)N1CCN(c2ccccc2Cl)CC1. The quantitative estimate of drug-likeness (QED) is 0.635. The summed E-state index contributed by atoms with van der Waals surface area (Å²) in [5, 5.41) is 0.722. The first-order valence-electron chi connectivity index (χ1n) is 11.1. The standard InChI is InChI=1S/C23H28ClN5O3/c24-19-5-1-2-6-21(19)27-11-13-28(14-12-27)22(30)7-10-29(17-18-4-3-15-32-18)23(31)20-16-25-8-9-26-20/h1-2,5-6,8-9,16,18H,3-4,7,10-15,17H2. The molecule has 9 heteroatoms. The summed E-state index contributed by atoms with van der Waals surface area (Å²) in [4.78, 5) is 39.7. The molecule has 0 N–H and O–H groups in total. The summed E-state index contributed by atoms with van der Waals surface area (Å²) >= 11 is 6.31. The predicted molar refractivity (Wildman–Crippen MR) is 122 cm³/mol. The largest absolute Gasteiger partial charge is 0.376 e. The van der Waals surface area contributed by atoms with E-state index in [1.165, 1.54) is 18.6 Å². The molecule has 4 rings (SSSR count). The highest BCUT2D eigenvalue weighted by molar-refractivity contribution is 6.33. The number of nitrogens with zero attached hydrogens (tertiary/aromatic N) is 5. The molecule has 3 heterocycles. The maximum Gasteiger partial charge on any atom is 0.274 e. The fourth-order valence-corrected chi connectivity index (χ4v) is 4.43. The number of rotatable bonds is 7. The normalized spacial score (nSPS) is 18.6. The summed E-state index contributed by atoms with van der Waals surface area (Å²) in [6.45, 7) is 4.23. The van der Waals surface area contributed by atoms with Gasteiger partial charge >= 0.3 is 0 Å². The lowest BCUT2D eigenvalue weighted by Gasteiger charge is -2.37. The summed E-state index contributed by atoms with van der Waals surface area (Å²) in [6, 6.07) is 7.76. The second kappa shape index (κ2) is 10.7. The zero-order valence-corrected chi connectivity index (χ0v) is 18.8. The molecule has 0 aliphatic carbocycles. The molecule has 2 aliphatic heterocycles. The number of hydrogen-bond acceptors (Lipinski definition) is 6. The number of benzene rings is 1. The van der Waals surface area contributed by atoms with Crippen molar-refractivity contribution >= 4 is 29.1 Å². The Morgan fingerprint density at radius 1 is 1.16 bits per heavy atom. The van der Waals surface area contributed by atoms with E-state index in [0.717, 1.165) is 36.6 Å². The predicted octanol–water partition coefficient (Wildman–Crippen LogP) is 2.49. The number of anilines is 1. The summed E-state index contributed by atoms with van der Waals surface area (Å²) in [5.41, 5.74) is 1.28. The molecule has 2 saturated heterocycles. The number of para-hydroxylation sites is 1. The molecule has 2 aliphatic rings. The van der Waals surface area contributed by atoms with Crippen LogP contribution in [0.2, 0.25) is 5.02 Å². The van der Waals surface area contributed by atoms with E-state index in [2.05, 4.69) is 14.9 Å². The lowest BCUT2D eigenvalue weighted by Crippen LogP contribution is -2.49. The van der Waals surface area contributed by atoms with Gasteiger partial charge in [0, 0.05) is 64.7 Å². The molecule has 2 fully saturated rings. The Morgan fingerprint density at radius 2 is 1.97 bits per heavy atom. The van der Waals surface area contributed by atoms with Crippen molar-refractivity contribution in [2.45, 2.75) is 25.4 Å². The maximum atomic E-state index is 13.0. The van der Waals surface area contributed by atoms with Crippen LogP contribution in [0.15, 0.2) is 42.9 Å². The van der Waals surface area contributed by atoms with Crippen molar-refractivity contribution in [3.8, 4) is 0 Å². The molecule has 32 heavy (non-hydrogen) atoms. The van der Waals surface area contributed by atoms with Gasteiger partial charge in [0.25, 0.3) is 5.91 Å². The fraction of sp³-hybridized carbons (Fsp3) is 0.478. The Hall–Kier alpha value is -2.71. The van der Waals surface area contributed by atoms with Gasteiger partial charge in [0.05, 0.1) is 23.0 Å². The Labute approximate surface area is 193 Å². The van der Waals surface area contributed by atoms with Crippen molar-refractivity contribution in [2.24, 2.45) is 0 Å². The maximum absolute atomic E-state index is 13.0. The Balaban J connectivity index is 1.33. The van der Waals surface area contributed by atoms with Crippen LogP contribution < -0.4 is 4.90 Å². The third-order valence-corrected chi connectivity index (χ3v) is 6.26. The average Bonchev–Trinajstić information content (AvgIpc) is 3.35. The first kappa shape index (κ1) is 22.5. The van der Waals surface area contributed by atoms with Gasteiger partial charge in [0.1, 0.15) is 5.69 Å². The minimum atomic E-state index is -0.218. The van der Waals surface area contributed by atoms with Crippen molar-refractivity contribution in [3.05, 3.63) is 53.6 Å². The van der Waals surface area contributed by atoms with Gasteiger partial charge in [-0.25, -0.2) is 4.98 Å². The lowest BCUT2D eigenvalue weighted by atomic mass is 10.2. The number of carbonyl (C=O) groups excluding carboxylic acids is 2. The minimum absolute atomic E-state index is 0.00453. The highest BCUT2D eigenvalue weighted by atomic mass is 35.5. The Kier molecular flexibility index (Phi) is 7.55. The van der Waals surface area contributed by atoms with E-state index in [4.69, 9.17) is 16.3 Å². The van der Waals surface area contributed by atoms with Gasteiger partial charge in [-0.1, -0.05) is 23.7 Å². The van der Waals surface area contributed by atoms with Crippen LogP contribution in [-0.2, 0) is 9.53 Å². The van der Waals surface area contributed by atoms with E-state index < -0.39 is 0 Å². The van der Waals surface area contributed by atoms with Crippen LogP contribution >= 0.6 is 11.6 Å². The van der Waals surface area contributed by atoms with E-state index in [0.29, 0.717) is 32.8 Å². The summed E-state index contributed by atoms with van der Waals surface area (Å²) in [7, 11) is 0. The topological polar surface area (TPSA) is 78.9 Å². The van der Waals surface area contributed by atoms with Crippen LogP contribution in [0.4, 0.5) is 5.69 Å². The molecule has 0 bridgehead atoms. The third kappa shape index (κ3) is 5.55. The third-order valence-electron chi connectivity index (χ3n) is 5.94. The smallest absolute Gasteiger partial charge is 0.274 e. The number of halogens is 1. The zero-order chi connectivity index (χ0) is 22.3. The van der Waals surface area contributed by atoms with Gasteiger partial charge in [0.15, 0.2) is 0 Å². The summed E-state index contributed by atoms with van der Waals surface area (Å²) in [5.74, 6) is -0.168. The van der Waals surface area contributed by atoms with Crippen LogP contribution in [0.3, 0.4) is 0 Å². The molecule has 2 amide bonds. The number of aromatic nitrogens is 2. The first-order valence-corrected chi connectivity index (χ1v) is 11.4. The highest BCUT2D eigenvalue weighted by Crippen LogP contribution is 2.26. The number of hydrogen-bond donors (Lipinski definition) is 0. The first-order chi connectivity index (χ1) is 15.6. The van der Waals surface area contributed by atoms with Crippen molar-refractivity contribution in [2.75, 3.05) is 50.8 Å². The number of carbonyl (C=O) groups is 2. The Morgan fingerprint density at radius 3 is 2.66 bits per heavy atom. The number of piperazine rings is 1. The summed E-state index contributed by atoms with van der Waals surface area (Å²) < 4.78 is 5.71. The molecule has 2 aromatic rings. The van der Waals surface area contributed by atoms with Gasteiger partial charge in [-0.2, -0.15) is 0 Å². The number of ether oxygens (including phenoxy) is 1. The molecule has 1 unspecified atom stereocenters. The molecule has 0 spiro atoms. The minimum Gasteiger partial charge on any atom is -0.376 e. The summed E-state index contributed by atoms with van der Waals surface area (Å²) in [6.07, 6.45) is 6.68. The molecule has 0 saturated carbocycles. The molecule has 1 aromatic carbocycles. The van der Waals surface area contributed by atoms with Crippen molar-refractivity contribution in [1.29, 1.82) is 0 Å². The molecule has 1 atom stereocenters. The van der Waals surface area contributed by atoms with Crippen molar-refractivity contribution in [1.82, 2.24) is 19.8 Å². The highest BCUT2D eigenvalue weighted by Gasteiger charge is 2.27. The number of amides is 2. The Bertz CT molecular complexity index is 915. The molecule has 8 nitrogen and oxygen atoms in total. The van der Waals surface area contributed by atoms with Crippen LogP contribution in [0.1, 0.15) is 29.8 Å². The van der Waals surface area contributed by atoms with Gasteiger partial charge in [-0.05, 0) is 25.0 Å². The molecule has 0 radical (unpaired) electrons. The van der Waals surface area contributed by atoms with Crippen molar-refractivity contribution in [3.63, 3.8) is 0 Å². The van der Waals surface area contributed by atoms with E-state index >= 15 is 0 Å². The molecule has 1 aromatic heterocycles. The van der Waals surface area contributed by atoms with Crippen LogP contribution in [0.25, 0.3) is 0 Å². The van der Waals surface area contributed by atoms with Gasteiger partial charge < -0.3 is 19.4 Å². The second-order valence-corrected chi connectivity index (χ2v) is 8.45. The van der Waals surface area contributed by atoms with E-state index in [1.807, 2.05) is 29.2 Å². The van der Waals surface area contributed by atoms with Gasteiger partial charge in [0.2, 0.25) is 5.91 Å². The fourth-order valence-electron chi connectivity index (χ4n) is 4.18. The van der Waals surface area contributed by atoms with Crippen molar-refractivity contribution < 1.29 is 14.3 Å².